The zero-order valence-electron chi connectivity index (χ0n) is 31.6. The molecule has 0 heterocycles. The van der Waals surface area contributed by atoms with Crippen LogP contribution in [0.5, 0.6) is 0 Å². The third kappa shape index (κ3) is 4.20. The molecular weight excluding hydrogens is 613 g/mol. The van der Waals surface area contributed by atoms with Crippen molar-refractivity contribution in [3.63, 3.8) is 0 Å². The Hall–Kier alpha value is -2.86. The number of hydrogen-bond acceptors (Lipinski definition) is 0. The fourth-order valence-corrected chi connectivity index (χ4v) is 16.2. The number of allylic oxidation sites excluding steroid dienone is 4. The molecule has 0 N–H and O–H groups in total. The highest BCUT2D eigenvalue weighted by atomic mass is 14.6. The lowest BCUT2D eigenvalue weighted by Gasteiger charge is -2.57. The van der Waals surface area contributed by atoms with Crippen LogP contribution in [0.15, 0.2) is 89.5 Å². The molecule has 14 rings (SSSR count). The van der Waals surface area contributed by atoms with Gasteiger partial charge in [-0.15, -0.1) is 0 Å². The first kappa shape index (κ1) is 30.6. The predicted molar refractivity (Wildman–Crippen MR) is 210 cm³/mol. The van der Waals surface area contributed by atoms with E-state index >= 15 is 0 Å². The summed E-state index contributed by atoms with van der Waals surface area (Å²) in [6.45, 7) is 7.30. The average molecular weight is 671 g/mol. The fourth-order valence-electron chi connectivity index (χ4n) is 16.2. The van der Waals surface area contributed by atoms with Crippen LogP contribution in [0.1, 0.15) is 151 Å². The topological polar surface area (TPSA) is 0 Å². The van der Waals surface area contributed by atoms with Gasteiger partial charge >= 0.3 is 0 Å². The molecule has 11 aliphatic rings. The second-order valence-corrected chi connectivity index (χ2v) is 21.4. The monoisotopic (exact) mass is 670 g/mol. The Kier molecular flexibility index (Phi) is 6.12. The Morgan fingerprint density at radius 2 is 1.02 bits per heavy atom. The SMILES string of the molecule is CC(C)(C)C1=CC2=C(CCC2(c2ccccc2)C2c3ccc(C45CC6CC(CC(C6)C4)C5)cc3-c3cc(C45CC6CC(CC(C6)C4)C5)ccc32)C1. The number of fused-ring (bicyclic) bond motifs is 3. The third-order valence-corrected chi connectivity index (χ3v) is 17.5. The van der Waals surface area contributed by atoms with Crippen molar-refractivity contribution in [1.82, 2.24) is 0 Å². The van der Waals surface area contributed by atoms with E-state index in [2.05, 4.69) is 93.6 Å². The van der Waals surface area contributed by atoms with Crippen molar-refractivity contribution in [1.29, 1.82) is 0 Å². The molecule has 0 aliphatic heterocycles. The predicted octanol–water partition coefficient (Wildman–Crippen LogP) is 13.1. The molecule has 1 atom stereocenters. The molecule has 3 aromatic rings. The van der Waals surface area contributed by atoms with E-state index in [9.17, 15) is 0 Å². The van der Waals surface area contributed by atoms with Gasteiger partial charge in [0.15, 0.2) is 0 Å². The zero-order chi connectivity index (χ0) is 33.9. The lowest BCUT2D eigenvalue weighted by atomic mass is 9.48. The first-order chi connectivity index (χ1) is 24.7. The Bertz CT molecular complexity index is 1860. The molecule has 51 heavy (non-hydrogen) atoms. The molecule has 0 amide bonds. The van der Waals surface area contributed by atoms with Gasteiger partial charge in [0, 0.05) is 11.3 Å². The van der Waals surface area contributed by atoms with Crippen molar-refractivity contribution in [3.8, 4) is 11.1 Å². The molecule has 3 aromatic carbocycles. The van der Waals surface area contributed by atoms with E-state index in [-0.39, 0.29) is 10.8 Å². The molecule has 8 bridgehead atoms. The first-order valence-electron chi connectivity index (χ1n) is 21.5. The van der Waals surface area contributed by atoms with Crippen LogP contribution in [0.2, 0.25) is 0 Å². The standard InChI is InChI=1S/C51H58/c1-48(2,3)41-21-37-13-14-51(46(37)24-41,38-7-5-4-6-8-38)47-42-11-9-39(49-25-31-15-32(26-49)17-33(16-31)27-49)22-44(42)45-23-40(10-12-43(45)47)50-28-34-18-35(29-50)20-36(19-34)30-50/h4-12,22-24,31-36,47H,13-21,25-30H2,1-3H3. The minimum absolute atomic E-state index is 0.0198. The second kappa shape index (κ2) is 10.2. The summed E-state index contributed by atoms with van der Waals surface area (Å²) in [5, 5.41) is 0. The fraction of sp³-hybridized carbons (Fsp3) is 0.569. The van der Waals surface area contributed by atoms with E-state index < -0.39 is 0 Å². The van der Waals surface area contributed by atoms with Gasteiger partial charge in [-0.25, -0.2) is 0 Å². The van der Waals surface area contributed by atoms with Gasteiger partial charge in [0.25, 0.3) is 0 Å². The van der Waals surface area contributed by atoms with Crippen molar-refractivity contribution in [2.45, 2.75) is 139 Å². The molecule has 0 radical (unpaired) electrons. The third-order valence-electron chi connectivity index (χ3n) is 17.5. The number of rotatable bonds is 4. The van der Waals surface area contributed by atoms with Gasteiger partial charge in [-0.1, -0.05) is 105 Å². The van der Waals surface area contributed by atoms with Gasteiger partial charge in [0.05, 0.1) is 0 Å². The summed E-state index contributed by atoms with van der Waals surface area (Å²) in [5.41, 5.74) is 17.6. The van der Waals surface area contributed by atoms with Gasteiger partial charge < -0.3 is 0 Å². The summed E-state index contributed by atoms with van der Waals surface area (Å²) in [5.74, 6) is 6.22. The maximum atomic E-state index is 2.82. The average Bonchev–Trinajstić information content (AvgIpc) is 3.78. The van der Waals surface area contributed by atoms with Crippen LogP contribution in [0, 0.1) is 40.9 Å². The Labute approximate surface area is 307 Å². The van der Waals surface area contributed by atoms with E-state index in [4.69, 9.17) is 0 Å². The van der Waals surface area contributed by atoms with Gasteiger partial charge in [-0.05, 0) is 193 Å². The molecule has 0 spiro atoms. The van der Waals surface area contributed by atoms with E-state index in [1.807, 2.05) is 0 Å². The summed E-state index contributed by atoms with van der Waals surface area (Å²) in [6.07, 6.45) is 24.2. The van der Waals surface area contributed by atoms with Crippen LogP contribution in [0.4, 0.5) is 0 Å². The lowest BCUT2D eigenvalue weighted by molar-refractivity contribution is -0.00534. The van der Waals surface area contributed by atoms with Gasteiger partial charge in [0.2, 0.25) is 0 Å². The minimum atomic E-state index is -0.0198. The Morgan fingerprint density at radius 3 is 1.47 bits per heavy atom. The normalized spacial score (nSPS) is 40.9. The molecule has 1 unspecified atom stereocenters. The molecule has 0 aromatic heterocycles. The molecule has 0 heteroatoms. The first-order valence-corrected chi connectivity index (χ1v) is 21.5. The maximum absolute atomic E-state index is 2.82. The Balaban J connectivity index is 1.07. The summed E-state index contributed by atoms with van der Waals surface area (Å²) in [6, 6.07) is 28.3. The highest BCUT2D eigenvalue weighted by Crippen LogP contribution is 2.67. The quantitative estimate of drug-likeness (QED) is 0.259. The van der Waals surface area contributed by atoms with Gasteiger partial charge in [-0.3, -0.25) is 0 Å². The van der Waals surface area contributed by atoms with Gasteiger partial charge in [0.1, 0.15) is 0 Å². The summed E-state index contributed by atoms with van der Waals surface area (Å²) < 4.78 is 0. The molecule has 8 saturated carbocycles. The van der Waals surface area contributed by atoms with E-state index in [1.54, 1.807) is 55.7 Å². The van der Waals surface area contributed by atoms with E-state index in [0.717, 1.165) is 35.5 Å². The minimum Gasteiger partial charge on any atom is -0.0622 e. The number of benzene rings is 3. The largest absolute Gasteiger partial charge is 0.0622 e. The van der Waals surface area contributed by atoms with Crippen LogP contribution >= 0.6 is 0 Å². The molecular formula is C51H58. The Morgan fingerprint density at radius 1 is 0.549 bits per heavy atom. The summed E-state index contributed by atoms with van der Waals surface area (Å²) in [4.78, 5) is 0. The van der Waals surface area contributed by atoms with Crippen LogP contribution in [0.25, 0.3) is 11.1 Å². The van der Waals surface area contributed by atoms with Crippen molar-refractivity contribution in [2.24, 2.45) is 40.9 Å². The summed E-state index contributed by atoms with van der Waals surface area (Å²) >= 11 is 0. The van der Waals surface area contributed by atoms with Crippen LogP contribution in [-0.2, 0) is 16.2 Å². The smallest absolute Gasteiger partial charge is 0.0315 e. The molecule has 11 aliphatic carbocycles. The van der Waals surface area contributed by atoms with Crippen molar-refractivity contribution in [3.05, 3.63) is 117 Å². The lowest BCUT2D eigenvalue weighted by Crippen LogP contribution is -2.48. The number of hydrogen-bond donors (Lipinski definition) is 0. The molecule has 0 saturated heterocycles. The summed E-state index contributed by atoms with van der Waals surface area (Å²) in [7, 11) is 0. The van der Waals surface area contributed by atoms with Crippen LogP contribution in [-0.4, -0.2) is 0 Å². The molecule has 0 nitrogen and oxygen atoms in total. The van der Waals surface area contributed by atoms with E-state index in [0.29, 0.717) is 16.7 Å². The van der Waals surface area contributed by atoms with E-state index in [1.165, 1.54) is 96.3 Å². The highest BCUT2D eigenvalue weighted by Gasteiger charge is 2.56. The van der Waals surface area contributed by atoms with Crippen molar-refractivity contribution < 1.29 is 0 Å². The van der Waals surface area contributed by atoms with Crippen LogP contribution in [0.3, 0.4) is 0 Å². The molecule has 8 fully saturated rings. The zero-order valence-corrected chi connectivity index (χ0v) is 31.6. The second-order valence-electron chi connectivity index (χ2n) is 21.4. The van der Waals surface area contributed by atoms with Crippen molar-refractivity contribution in [2.75, 3.05) is 0 Å². The van der Waals surface area contributed by atoms with Gasteiger partial charge in [-0.2, -0.15) is 0 Å². The van der Waals surface area contributed by atoms with Crippen molar-refractivity contribution >= 4 is 0 Å². The highest BCUT2D eigenvalue weighted by molar-refractivity contribution is 5.83. The van der Waals surface area contributed by atoms with Crippen LogP contribution < -0.4 is 0 Å². The maximum Gasteiger partial charge on any atom is 0.0315 e. The molecule has 262 valence electrons.